The third-order valence-electron chi connectivity index (χ3n) is 3.41. The van der Waals surface area contributed by atoms with Crippen molar-refractivity contribution in [3.63, 3.8) is 0 Å². The van der Waals surface area contributed by atoms with Crippen LogP contribution >= 0.6 is 0 Å². The van der Waals surface area contributed by atoms with Crippen LogP contribution in [0.3, 0.4) is 0 Å². The smallest absolute Gasteiger partial charge is 0.303 e. The molecule has 0 unspecified atom stereocenters. The second kappa shape index (κ2) is 5.28. The summed E-state index contributed by atoms with van der Waals surface area (Å²) in [4.78, 5) is 35.8. The number of carboxylic acid groups (broad SMARTS) is 1. The summed E-state index contributed by atoms with van der Waals surface area (Å²) in [5.74, 6) is -1.51. The number of imide groups is 1. The Bertz CT molecular complexity index is 607. The van der Waals surface area contributed by atoms with Crippen molar-refractivity contribution in [1.29, 1.82) is 0 Å². The number of carbonyl (C=O) groups excluding carboxylic acids is 2. The molecular weight excluding hydrogens is 258 g/mol. The fourth-order valence-corrected chi connectivity index (χ4v) is 2.09. The topological polar surface area (TPSA) is 74.7 Å². The van der Waals surface area contributed by atoms with Gasteiger partial charge in [-0.25, -0.2) is 4.90 Å². The zero-order chi connectivity index (χ0) is 14.9. The lowest BCUT2D eigenvalue weighted by atomic mass is 10.1. The first kappa shape index (κ1) is 14.0. The van der Waals surface area contributed by atoms with Gasteiger partial charge in [0.15, 0.2) is 0 Å². The number of carboxylic acids is 1. The summed E-state index contributed by atoms with van der Waals surface area (Å²) < 4.78 is 0. The van der Waals surface area contributed by atoms with E-state index in [1.807, 2.05) is 0 Å². The number of hydrogen-bond donors (Lipinski definition) is 1. The summed E-state index contributed by atoms with van der Waals surface area (Å²) in [5.41, 5.74) is 2.17. The minimum Gasteiger partial charge on any atom is -0.481 e. The van der Waals surface area contributed by atoms with Crippen LogP contribution < -0.4 is 4.90 Å². The van der Waals surface area contributed by atoms with Crippen LogP contribution in [-0.2, 0) is 20.8 Å². The Morgan fingerprint density at radius 1 is 1.15 bits per heavy atom. The Morgan fingerprint density at radius 2 is 1.75 bits per heavy atom. The average Bonchev–Trinajstić information content (AvgIpc) is 2.61. The monoisotopic (exact) mass is 273 g/mol. The highest BCUT2D eigenvalue weighted by Gasteiger charge is 2.34. The van der Waals surface area contributed by atoms with E-state index in [1.54, 1.807) is 38.1 Å². The average molecular weight is 273 g/mol. The fourth-order valence-electron chi connectivity index (χ4n) is 2.09. The van der Waals surface area contributed by atoms with E-state index in [2.05, 4.69) is 0 Å². The van der Waals surface area contributed by atoms with Crippen molar-refractivity contribution < 1.29 is 19.5 Å². The molecule has 0 bridgehead atoms. The number of rotatable bonds is 4. The zero-order valence-electron chi connectivity index (χ0n) is 11.3. The molecule has 0 saturated heterocycles. The van der Waals surface area contributed by atoms with E-state index < -0.39 is 5.97 Å². The van der Waals surface area contributed by atoms with Crippen LogP contribution in [0.25, 0.3) is 0 Å². The van der Waals surface area contributed by atoms with Crippen LogP contribution in [-0.4, -0.2) is 22.9 Å². The van der Waals surface area contributed by atoms with Gasteiger partial charge in [0.2, 0.25) is 0 Å². The highest BCUT2D eigenvalue weighted by molar-refractivity contribution is 6.32. The molecule has 1 aromatic rings. The number of amides is 2. The second-order valence-corrected chi connectivity index (χ2v) is 4.76. The lowest BCUT2D eigenvalue weighted by molar-refractivity contribution is -0.137. The molecule has 5 heteroatoms. The van der Waals surface area contributed by atoms with Crippen LogP contribution in [0.4, 0.5) is 5.69 Å². The predicted octanol–water partition coefficient (Wildman–Crippen LogP) is 1.91. The summed E-state index contributed by atoms with van der Waals surface area (Å²) in [6.45, 7) is 3.26. The fraction of sp³-hybridized carbons (Fsp3) is 0.267. The standard InChI is InChI=1S/C15H15NO4/c1-9-10(2)15(20)16(14(9)19)12-5-3-4-11(8-12)6-7-13(17)18/h3-5,8H,6-7H2,1-2H3,(H,17,18). The first-order valence-corrected chi connectivity index (χ1v) is 6.29. The molecule has 1 aliphatic heterocycles. The Kier molecular flexibility index (Phi) is 3.70. The van der Waals surface area contributed by atoms with Crippen LogP contribution in [0.5, 0.6) is 0 Å². The van der Waals surface area contributed by atoms with E-state index in [-0.39, 0.29) is 18.2 Å². The Labute approximate surface area is 116 Å². The minimum absolute atomic E-state index is 0.0155. The highest BCUT2D eigenvalue weighted by Crippen LogP contribution is 2.27. The minimum atomic E-state index is -0.878. The van der Waals surface area contributed by atoms with Crippen LogP contribution in [0.2, 0.25) is 0 Å². The molecular formula is C15H15NO4. The van der Waals surface area contributed by atoms with Gasteiger partial charge in [0, 0.05) is 17.6 Å². The maximum absolute atomic E-state index is 12.1. The number of anilines is 1. The van der Waals surface area contributed by atoms with Gasteiger partial charge in [0.05, 0.1) is 5.69 Å². The first-order chi connectivity index (χ1) is 9.41. The summed E-state index contributed by atoms with van der Waals surface area (Å²) in [6, 6.07) is 6.86. The Balaban J connectivity index is 2.27. The molecule has 2 rings (SSSR count). The lowest BCUT2D eigenvalue weighted by Crippen LogP contribution is -2.31. The summed E-state index contributed by atoms with van der Waals surface area (Å²) in [5, 5.41) is 8.68. The van der Waals surface area contributed by atoms with Gasteiger partial charge in [0.25, 0.3) is 11.8 Å². The number of aliphatic carboxylic acids is 1. The Morgan fingerprint density at radius 3 is 2.30 bits per heavy atom. The van der Waals surface area contributed by atoms with E-state index in [0.717, 1.165) is 10.5 Å². The van der Waals surface area contributed by atoms with Gasteiger partial charge in [-0.2, -0.15) is 0 Å². The van der Waals surface area contributed by atoms with Gasteiger partial charge in [-0.1, -0.05) is 12.1 Å². The number of hydrogen-bond acceptors (Lipinski definition) is 3. The predicted molar refractivity (Wildman–Crippen MR) is 73.3 cm³/mol. The number of carbonyl (C=O) groups is 3. The first-order valence-electron chi connectivity index (χ1n) is 6.29. The molecule has 0 radical (unpaired) electrons. The molecule has 0 saturated carbocycles. The van der Waals surface area contributed by atoms with Crippen LogP contribution in [0.1, 0.15) is 25.8 Å². The third-order valence-corrected chi connectivity index (χ3v) is 3.41. The van der Waals surface area contributed by atoms with Crippen molar-refractivity contribution in [2.24, 2.45) is 0 Å². The van der Waals surface area contributed by atoms with Crippen molar-refractivity contribution in [3.05, 3.63) is 41.0 Å². The molecule has 1 heterocycles. The maximum Gasteiger partial charge on any atom is 0.303 e. The number of nitrogens with zero attached hydrogens (tertiary/aromatic N) is 1. The largest absolute Gasteiger partial charge is 0.481 e. The van der Waals surface area contributed by atoms with Crippen molar-refractivity contribution >= 4 is 23.5 Å². The molecule has 0 aromatic heterocycles. The molecule has 0 aliphatic carbocycles. The second-order valence-electron chi connectivity index (χ2n) is 4.76. The molecule has 0 spiro atoms. The highest BCUT2D eigenvalue weighted by atomic mass is 16.4. The number of benzene rings is 1. The molecule has 0 fully saturated rings. The van der Waals surface area contributed by atoms with Crippen molar-refractivity contribution in [2.45, 2.75) is 26.7 Å². The molecule has 1 aliphatic rings. The molecule has 5 nitrogen and oxygen atoms in total. The van der Waals surface area contributed by atoms with E-state index in [1.165, 1.54) is 0 Å². The molecule has 0 atom stereocenters. The van der Waals surface area contributed by atoms with Gasteiger partial charge < -0.3 is 5.11 Å². The molecule has 104 valence electrons. The zero-order valence-corrected chi connectivity index (χ0v) is 11.3. The van der Waals surface area contributed by atoms with Crippen LogP contribution in [0.15, 0.2) is 35.4 Å². The summed E-state index contributed by atoms with van der Waals surface area (Å²) in [7, 11) is 0. The molecule has 1 aromatic carbocycles. The molecule has 2 amide bonds. The Hall–Kier alpha value is -2.43. The van der Waals surface area contributed by atoms with E-state index >= 15 is 0 Å². The van der Waals surface area contributed by atoms with Gasteiger partial charge in [-0.15, -0.1) is 0 Å². The van der Waals surface area contributed by atoms with Crippen molar-refractivity contribution in [1.82, 2.24) is 0 Å². The molecule has 20 heavy (non-hydrogen) atoms. The quantitative estimate of drug-likeness (QED) is 0.850. The van der Waals surface area contributed by atoms with Gasteiger partial charge >= 0.3 is 5.97 Å². The maximum atomic E-state index is 12.1. The van der Waals surface area contributed by atoms with E-state index in [9.17, 15) is 14.4 Å². The SMILES string of the molecule is CC1=C(C)C(=O)N(c2cccc(CCC(=O)O)c2)C1=O. The van der Waals surface area contributed by atoms with Gasteiger partial charge in [-0.05, 0) is 38.0 Å². The van der Waals surface area contributed by atoms with E-state index in [4.69, 9.17) is 5.11 Å². The third kappa shape index (κ3) is 2.47. The van der Waals surface area contributed by atoms with Gasteiger partial charge in [-0.3, -0.25) is 14.4 Å². The summed E-state index contributed by atoms with van der Waals surface area (Å²) in [6.07, 6.45) is 0.381. The number of aryl methyl sites for hydroxylation is 1. The summed E-state index contributed by atoms with van der Waals surface area (Å²) >= 11 is 0. The normalized spacial score (nSPS) is 15.2. The molecule has 1 N–H and O–H groups in total. The van der Waals surface area contributed by atoms with Crippen molar-refractivity contribution in [2.75, 3.05) is 4.90 Å². The van der Waals surface area contributed by atoms with E-state index in [0.29, 0.717) is 23.3 Å². The van der Waals surface area contributed by atoms with Gasteiger partial charge in [0.1, 0.15) is 0 Å². The lowest BCUT2D eigenvalue weighted by Gasteiger charge is -2.15. The van der Waals surface area contributed by atoms with Crippen LogP contribution in [0, 0.1) is 0 Å². The van der Waals surface area contributed by atoms with Crippen molar-refractivity contribution in [3.8, 4) is 0 Å².